The molecule has 0 aromatic carbocycles. The second kappa shape index (κ2) is 7.13. The van der Waals surface area contributed by atoms with Crippen LogP contribution in [0.3, 0.4) is 0 Å². The zero-order valence-electron chi connectivity index (χ0n) is 8.38. The molecule has 0 aliphatic carbocycles. The van der Waals surface area contributed by atoms with E-state index in [0.29, 0.717) is 0 Å². The second-order valence-electron chi connectivity index (χ2n) is 3.59. The average Bonchev–Trinajstić information content (AvgIpc) is 2.52. The van der Waals surface area contributed by atoms with Gasteiger partial charge in [0.25, 0.3) is 0 Å². The Hall–Kier alpha value is 0.690. The lowest BCUT2D eigenvalue weighted by Gasteiger charge is -2.25. The molecule has 0 bridgehead atoms. The van der Waals surface area contributed by atoms with Gasteiger partial charge in [-0.25, -0.2) is 0 Å². The third-order valence-electron chi connectivity index (χ3n) is 2.75. The summed E-state index contributed by atoms with van der Waals surface area (Å²) in [7, 11) is 0. The zero-order valence-corrected chi connectivity index (χ0v) is 10.7. The van der Waals surface area contributed by atoms with Crippen LogP contribution in [0.15, 0.2) is 0 Å². The van der Waals surface area contributed by atoms with Crippen molar-refractivity contribution >= 4 is 24.0 Å². The molecule has 1 rings (SSSR count). The first-order chi connectivity index (χ1) is 5.38. The lowest BCUT2D eigenvalue weighted by atomic mass is 10.1. The summed E-state index contributed by atoms with van der Waals surface area (Å²) < 4.78 is 0. The normalized spacial score (nSPS) is 20.5. The van der Waals surface area contributed by atoms with Crippen LogP contribution in [0.5, 0.6) is 0 Å². The van der Waals surface area contributed by atoms with Crippen LogP contribution in [0.4, 0.5) is 0 Å². The van der Waals surface area contributed by atoms with E-state index < -0.39 is 0 Å². The molecule has 74 valence electrons. The summed E-state index contributed by atoms with van der Waals surface area (Å²) in [6.07, 6.45) is 6.94. The lowest BCUT2D eigenvalue weighted by molar-refractivity contribution is 0.223. The van der Waals surface area contributed by atoms with Crippen molar-refractivity contribution in [1.29, 1.82) is 0 Å². The van der Waals surface area contributed by atoms with E-state index in [9.17, 15) is 0 Å². The molecule has 12 heavy (non-hydrogen) atoms. The molecule has 0 N–H and O–H groups in total. The SMILES string of the molecule is CCCC(CC)N1CCCC1.I. The van der Waals surface area contributed by atoms with Crippen LogP contribution < -0.4 is 0 Å². The summed E-state index contributed by atoms with van der Waals surface area (Å²) in [5, 5.41) is 0. The molecule has 0 aromatic rings. The topological polar surface area (TPSA) is 3.24 Å². The molecule has 1 aliphatic heterocycles. The van der Waals surface area contributed by atoms with Gasteiger partial charge in [-0.05, 0) is 38.8 Å². The molecule has 1 heterocycles. The molecule has 0 radical (unpaired) electrons. The fourth-order valence-electron chi connectivity index (χ4n) is 2.08. The molecule has 1 nitrogen and oxygen atoms in total. The summed E-state index contributed by atoms with van der Waals surface area (Å²) in [6.45, 7) is 7.33. The van der Waals surface area contributed by atoms with Crippen molar-refractivity contribution in [1.82, 2.24) is 4.90 Å². The first-order valence-electron chi connectivity index (χ1n) is 5.12. The van der Waals surface area contributed by atoms with Crippen molar-refractivity contribution in [3.63, 3.8) is 0 Å². The number of halogens is 1. The monoisotopic (exact) mass is 283 g/mol. The van der Waals surface area contributed by atoms with E-state index in [4.69, 9.17) is 0 Å². The standard InChI is InChI=1S/C10H21N.HI/c1-3-7-10(4-2)11-8-5-6-9-11;/h10H,3-9H2,1-2H3;1H. The Morgan fingerprint density at radius 2 is 1.75 bits per heavy atom. The lowest BCUT2D eigenvalue weighted by Crippen LogP contribution is -2.31. The van der Waals surface area contributed by atoms with Gasteiger partial charge < -0.3 is 4.90 Å². The molecular weight excluding hydrogens is 261 g/mol. The maximum atomic E-state index is 2.67. The van der Waals surface area contributed by atoms with Crippen molar-refractivity contribution in [2.75, 3.05) is 13.1 Å². The Morgan fingerprint density at radius 1 is 1.17 bits per heavy atom. The summed E-state index contributed by atoms with van der Waals surface area (Å²) in [5.74, 6) is 0. The van der Waals surface area contributed by atoms with E-state index in [-0.39, 0.29) is 24.0 Å². The largest absolute Gasteiger partial charge is 0.300 e. The number of hydrogen-bond acceptors (Lipinski definition) is 1. The molecule has 1 fully saturated rings. The molecule has 2 heteroatoms. The van der Waals surface area contributed by atoms with E-state index in [2.05, 4.69) is 18.7 Å². The van der Waals surface area contributed by atoms with Crippen molar-refractivity contribution in [2.24, 2.45) is 0 Å². The summed E-state index contributed by atoms with van der Waals surface area (Å²) in [4.78, 5) is 2.67. The Bertz CT molecular complexity index is 100. The molecule has 1 saturated heterocycles. The van der Waals surface area contributed by atoms with Gasteiger partial charge in [0, 0.05) is 6.04 Å². The summed E-state index contributed by atoms with van der Waals surface area (Å²) >= 11 is 0. The van der Waals surface area contributed by atoms with E-state index >= 15 is 0 Å². The highest BCUT2D eigenvalue weighted by Crippen LogP contribution is 2.17. The highest BCUT2D eigenvalue weighted by molar-refractivity contribution is 14.0. The van der Waals surface area contributed by atoms with Gasteiger partial charge >= 0.3 is 0 Å². The van der Waals surface area contributed by atoms with Gasteiger partial charge in [0.2, 0.25) is 0 Å². The molecule has 0 aromatic heterocycles. The second-order valence-corrected chi connectivity index (χ2v) is 3.59. The van der Waals surface area contributed by atoms with Crippen LogP contribution in [-0.2, 0) is 0 Å². The predicted octanol–water partition coefficient (Wildman–Crippen LogP) is 3.28. The average molecular weight is 283 g/mol. The summed E-state index contributed by atoms with van der Waals surface area (Å²) in [6, 6.07) is 0.891. The molecule has 1 atom stereocenters. The smallest absolute Gasteiger partial charge is 0.00925 e. The predicted molar refractivity (Wildman–Crippen MR) is 65.2 cm³/mol. The maximum Gasteiger partial charge on any atom is 0.00925 e. The van der Waals surface area contributed by atoms with Gasteiger partial charge in [-0.15, -0.1) is 24.0 Å². The maximum absolute atomic E-state index is 2.67. The fourth-order valence-corrected chi connectivity index (χ4v) is 2.08. The highest BCUT2D eigenvalue weighted by Gasteiger charge is 2.18. The molecular formula is C10H22IN. The van der Waals surface area contributed by atoms with Crippen LogP contribution in [0.1, 0.15) is 46.0 Å². The van der Waals surface area contributed by atoms with E-state index in [0.717, 1.165) is 6.04 Å². The number of hydrogen-bond donors (Lipinski definition) is 0. The summed E-state index contributed by atoms with van der Waals surface area (Å²) in [5.41, 5.74) is 0. The molecule has 0 amide bonds. The minimum Gasteiger partial charge on any atom is -0.300 e. The molecule has 1 unspecified atom stereocenters. The quantitative estimate of drug-likeness (QED) is 0.716. The first-order valence-corrected chi connectivity index (χ1v) is 5.12. The van der Waals surface area contributed by atoms with Crippen LogP contribution in [0, 0.1) is 0 Å². The molecule has 0 spiro atoms. The van der Waals surface area contributed by atoms with Crippen molar-refractivity contribution in [3.05, 3.63) is 0 Å². The first kappa shape index (κ1) is 12.7. The number of rotatable bonds is 4. The van der Waals surface area contributed by atoms with Gasteiger partial charge in [-0.3, -0.25) is 0 Å². The zero-order chi connectivity index (χ0) is 8.10. The fraction of sp³-hybridized carbons (Fsp3) is 1.00. The Morgan fingerprint density at radius 3 is 2.17 bits per heavy atom. The minimum absolute atomic E-state index is 0. The van der Waals surface area contributed by atoms with E-state index in [1.54, 1.807) is 0 Å². The van der Waals surface area contributed by atoms with Crippen molar-refractivity contribution in [2.45, 2.75) is 52.0 Å². The minimum atomic E-state index is 0. The van der Waals surface area contributed by atoms with Crippen LogP contribution in [0.2, 0.25) is 0 Å². The number of likely N-dealkylation sites (tertiary alicyclic amines) is 1. The van der Waals surface area contributed by atoms with E-state index in [1.165, 1.54) is 45.2 Å². The Labute approximate surface area is 93.9 Å². The third kappa shape index (κ3) is 3.60. The van der Waals surface area contributed by atoms with Gasteiger partial charge in [-0.2, -0.15) is 0 Å². The van der Waals surface area contributed by atoms with Crippen LogP contribution in [0.25, 0.3) is 0 Å². The van der Waals surface area contributed by atoms with Crippen molar-refractivity contribution in [3.8, 4) is 0 Å². The van der Waals surface area contributed by atoms with Gasteiger partial charge in [-0.1, -0.05) is 20.3 Å². The highest BCUT2D eigenvalue weighted by atomic mass is 127. The van der Waals surface area contributed by atoms with Gasteiger partial charge in [0.15, 0.2) is 0 Å². The van der Waals surface area contributed by atoms with Crippen molar-refractivity contribution < 1.29 is 0 Å². The van der Waals surface area contributed by atoms with E-state index in [1.807, 2.05) is 0 Å². The number of nitrogens with zero attached hydrogens (tertiary/aromatic N) is 1. The van der Waals surface area contributed by atoms with Gasteiger partial charge in [0.1, 0.15) is 0 Å². The molecule has 1 aliphatic rings. The Balaban J connectivity index is 0.00000121. The van der Waals surface area contributed by atoms with Crippen LogP contribution >= 0.6 is 24.0 Å². The Kier molecular flexibility index (Phi) is 7.54. The molecule has 0 saturated carbocycles. The van der Waals surface area contributed by atoms with Gasteiger partial charge in [0.05, 0.1) is 0 Å². The van der Waals surface area contributed by atoms with Crippen LogP contribution in [-0.4, -0.2) is 24.0 Å². The third-order valence-corrected chi connectivity index (χ3v) is 2.75.